The van der Waals surface area contributed by atoms with Gasteiger partial charge in [0.15, 0.2) is 0 Å². The highest BCUT2D eigenvalue weighted by atomic mass is 15.1. The lowest BCUT2D eigenvalue weighted by Gasteiger charge is -2.47. The Bertz CT molecular complexity index is 294. The van der Waals surface area contributed by atoms with E-state index in [0.29, 0.717) is 0 Å². The van der Waals surface area contributed by atoms with E-state index in [0.717, 1.165) is 11.3 Å². The number of hydrogen-bond donors (Lipinski definition) is 1. The standard InChI is InChI=1S/C18H35N3/c1-2-20-13-6-18(7-14-20)8-15-21(16-9-18)12-5-17-3-10-19-11-4-17/h17,19H,2-16H2,1H3. The van der Waals surface area contributed by atoms with E-state index >= 15 is 0 Å². The molecule has 3 rings (SSSR count). The van der Waals surface area contributed by atoms with Crippen molar-refractivity contribution in [3.8, 4) is 0 Å². The molecule has 3 heteroatoms. The van der Waals surface area contributed by atoms with Crippen molar-refractivity contribution in [2.45, 2.75) is 51.9 Å². The smallest absolute Gasteiger partial charge is 0.00134 e. The quantitative estimate of drug-likeness (QED) is 0.859. The maximum atomic E-state index is 3.48. The highest BCUT2D eigenvalue weighted by Gasteiger charge is 2.37. The van der Waals surface area contributed by atoms with Crippen LogP contribution in [0.1, 0.15) is 51.9 Å². The van der Waals surface area contributed by atoms with Gasteiger partial charge in [-0.05, 0) is 109 Å². The molecule has 0 atom stereocenters. The summed E-state index contributed by atoms with van der Waals surface area (Å²) in [6, 6.07) is 0. The van der Waals surface area contributed by atoms with E-state index in [4.69, 9.17) is 0 Å². The average Bonchev–Trinajstić information content (AvgIpc) is 2.56. The minimum absolute atomic E-state index is 0.719. The number of nitrogens with one attached hydrogen (secondary N) is 1. The van der Waals surface area contributed by atoms with E-state index in [9.17, 15) is 0 Å². The average molecular weight is 293 g/mol. The van der Waals surface area contributed by atoms with E-state index in [1.807, 2.05) is 0 Å². The summed E-state index contributed by atoms with van der Waals surface area (Å²) in [5.74, 6) is 0.995. The van der Waals surface area contributed by atoms with Gasteiger partial charge in [0, 0.05) is 0 Å². The van der Waals surface area contributed by atoms with Crippen LogP contribution in [-0.2, 0) is 0 Å². The van der Waals surface area contributed by atoms with Crippen LogP contribution < -0.4 is 5.32 Å². The minimum Gasteiger partial charge on any atom is -0.317 e. The lowest BCUT2D eigenvalue weighted by Crippen LogP contribution is -2.47. The molecule has 1 N–H and O–H groups in total. The molecule has 3 heterocycles. The Balaban J connectivity index is 1.37. The second-order valence-electron chi connectivity index (χ2n) is 7.76. The third kappa shape index (κ3) is 4.20. The first-order chi connectivity index (χ1) is 10.3. The molecule has 1 spiro atoms. The zero-order chi connectivity index (χ0) is 14.5. The maximum Gasteiger partial charge on any atom is -0.00134 e. The molecule has 0 aromatic carbocycles. The summed E-state index contributed by atoms with van der Waals surface area (Å²) in [5.41, 5.74) is 0.719. The van der Waals surface area contributed by atoms with Crippen molar-refractivity contribution >= 4 is 0 Å². The Hall–Kier alpha value is -0.120. The molecule has 3 fully saturated rings. The molecule has 3 saturated heterocycles. The maximum absolute atomic E-state index is 3.48. The van der Waals surface area contributed by atoms with Crippen LogP contribution in [0.3, 0.4) is 0 Å². The van der Waals surface area contributed by atoms with Crippen LogP contribution in [0.4, 0.5) is 0 Å². The fourth-order valence-corrected chi connectivity index (χ4v) is 4.63. The van der Waals surface area contributed by atoms with E-state index in [2.05, 4.69) is 22.0 Å². The summed E-state index contributed by atoms with van der Waals surface area (Å²) in [7, 11) is 0. The zero-order valence-corrected chi connectivity index (χ0v) is 14.1. The third-order valence-corrected chi connectivity index (χ3v) is 6.59. The predicted molar refractivity (Wildman–Crippen MR) is 89.7 cm³/mol. The Morgan fingerprint density at radius 1 is 0.905 bits per heavy atom. The summed E-state index contributed by atoms with van der Waals surface area (Å²) < 4.78 is 0. The second kappa shape index (κ2) is 7.43. The molecule has 122 valence electrons. The molecule has 0 saturated carbocycles. The molecule has 0 aliphatic carbocycles. The number of piperidine rings is 3. The lowest BCUT2D eigenvalue weighted by molar-refractivity contribution is 0.0345. The van der Waals surface area contributed by atoms with E-state index < -0.39 is 0 Å². The lowest BCUT2D eigenvalue weighted by atomic mass is 9.71. The fourth-order valence-electron chi connectivity index (χ4n) is 4.63. The largest absolute Gasteiger partial charge is 0.317 e. The number of nitrogens with zero attached hydrogens (tertiary/aromatic N) is 2. The number of rotatable bonds is 4. The molecule has 3 nitrogen and oxygen atoms in total. The van der Waals surface area contributed by atoms with Gasteiger partial charge in [-0.15, -0.1) is 0 Å². The van der Waals surface area contributed by atoms with Crippen molar-refractivity contribution in [2.75, 3.05) is 52.4 Å². The van der Waals surface area contributed by atoms with Gasteiger partial charge >= 0.3 is 0 Å². The van der Waals surface area contributed by atoms with Crippen molar-refractivity contribution in [1.82, 2.24) is 15.1 Å². The Morgan fingerprint density at radius 2 is 1.48 bits per heavy atom. The van der Waals surface area contributed by atoms with E-state index in [1.54, 1.807) is 0 Å². The molecule has 0 aromatic heterocycles. The molecule has 21 heavy (non-hydrogen) atoms. The molecular weight excluding hydrogens is 258 g/mol. The number of hydrogen-bond acceptors (Lipinski definition) is 3. The molecule has 0 radical (unpaired) electrons. The highest BCUT2D eigenvalue weighted by molar-refractivity contribution is 4.90. The Morgan fingerprint density at radius 3 is 2.05 bits per heavy atom. The first-order valence-corrected chi connectivity index (χ1v) is 9.45. The Labute approximate surface area is 131 Å². The van der Waals surface area contributed by atoms with Gasteiger partial charge in [-0.3, -0.25) is 0 Å². The van der Waals surface area contributed by atoms with Crippen molar-refractivity contribution in [3.63, 3.8) is 0 Å². The van der Waals surface area contributed by atoms with Crippen LogP contribution in [0.15, 0.2) is 0 Å². The second-order valence-corrected chi connectivity index (χ2v) is 7.76. The molecule has 0 amide bonds. The van der Waals surface area contributed by atoms with Gasteiger partial charge in [0.25, 0.3) is 0 Å². The van der Waals surface area contributed by atoms with Crippen LogP contribution in [-0.4, -0.2) is 62.2 Å². The zero-order valence-electron chi connectivity index (χ0n) is 14.1. The summed E-state index contributed by atoms with van der Waals surface area (Å²) in [6.45, 7) is 12.9. The number of likely N-dealkylation sites (tertiary alicyclic amines) is 2. The van der Waals surface area contributed by atoms with Gasteiger partial charge in [0.1, 0.15) is 0 Å². The van der Waals surface area contributed by atoms with Crippen LogP contribution in [0.5, 0.6) is 0 Å². The van der Waals surface area contributed by atoms with Crippen molar-refractivity contribution in [3.05, 3.63) is 0 Å². The van der Waals surface area contributed by atoms with Gasteiger partial charge in [-0.2, -0.15) is 0 Å². The molecular formula is C18H35N3. The van der Waals surface area contributed by atoms with Gasteiger partial charge in [-0.25, -0.2) is 0 Å². The predicted octanol–water partition coefficient (Wildman–Crippen LogP) is 2.57. The van der Waals surface area contributed by atoms with Gasteiger partial charge < -0.3 is 15.1 Å². The normalized spacial score (nSPS) is 29.0. The first-order valence-electron chi connectivity index (χ1n) is 9.45. The molecule has 0 bridgehead atoms. The van der Waals surface area contributed by atoms with Crippen LogP contribution in [0.2, 0.25) is 0 Å². The first kappa shape index (κ1) is 15.8. The Kier molecular flexibility index (Phi) is 5.58. The summed E-state index contributed by atoms with van der Waals surface area (Å²) in [4.78, 5) is 5.40. The minimum atomic E-state index is 0.719. The van der Waals surface area contributed by atoms with E-state index in [-0.39, 0.29) is 0 Å². The van der Waals surface area contributed by atoms with Crippen molar-refractivity contribution in [1.29, 1.82) is 0 Å². The summed E-state index contributed by atoms with van der Waals surface area (Å²) in [5, 5.41) is 3.48. The highest BCUT2D eigenvalue weighted by Crippen LogP contribution is 2.41. The van der Waals surface area contributed by atoms with Crippen LogP contribution in [0.25, 0.3) is 0 Å². The monoisotopic (exact) mass is 293 g/mol. The van der Waals surface area contributed by atoms with Crippen molar-refractivity contribution in [2.24, 2.45) is 11.3 Å². The summed E-state index contributed by atoms with van der Waals surface area (Å²) in [6.07, 6.45) is 10.1. The van der Waals surface area contributed by atoms with Gasteiger partial charge in [0.05, 0.1) is 0 Å². The van der Waals surface area contributed by atoms with Gasteiger partial charge in [0.2, 0.25) is 0 Å². The van der Waals surface area contributed by atoms with Gasteiger partial charge in [-0.1, -0.05) is 6.92 Å². The third-order valence-electron chi connectivity index (χ3n) is 6.59. The van der Waals surface area contributed by atoms with E-state index in [1.165, 1.54) is 97.3 Å². The molecule has 0 aromatic rings. The van der Waals surface area contributed by atoms with Crippen LogP contribution >= 0.6 is 0 Å². The SMILES string of the molecule is CCN1CCC2(CC1)CCN(CCC1CCNCC1)CC2. The summed E-state index contributed by atoms with van der Waals surface area (Å²) >= 11 is 0. The van der Waals surface area contributed by atoms with Crippen LogP contribution in [0, 0.1) is 11.3 Å². The van der Waals surface area contributed by atoms with Crippen molar-refractivity contribution < 1.29 is 0 Å². The topological polar surface area (TPSA) is 18.5 Å². The molecule has 3 aliphatic rings. The molecule has 3 aliphatic heterocycles. The molecule has 0 unspecified atom stereocenters. The fraction of sp³-hybridized carbons (Fsp3) is 1.00.